The Hall–Kier alpha value is -1.38. The van der Waals surface area contributed by atoms with E-state index in [1.54, 1.807) is 0 Å². The standard InChI is InChI=1S/C11H15NO6S/c1-7-10(4-9(18-7)11(14)15)19(16,17)12-3-2-8(5-12)6-13/h4,8,13H,2-3,5-6H2,1H3,(H,14,15). The van der Waals surface area contributed by atoms with E-state index >= 15 is 0 Å². The van der Waals surface area contributed by atoms with Crippen LogP contribution in [0.5, 0.6) is 0 Å². The fourth-order valence-corrected chi connectivity index (χ4v) is 3.82. The zero-order valence-electron chi connectivity index (χ0n) is 10.4. The van der Waals surface area contributed by atoms with E-state index in [9.17, 15) is 13.2 Å². The number of hydrogen-bond donors (Lipinski definition) is 2. The monoisotopic (exact) mass is 289 g/mol. The number of carboxylic acids is 1. The number of sulfonamides is 1. The highest BCUT2D eigenvalue weighted by Gasteiger charge is 2.35. The van der Waals surface area contributed by atoms with Gasteiger partial charge in [-0.3, -0.25) is 0 Å². The highest BCUT2D eigenvalue weighted by atomic mass is 32.2. The van der Waals surface area contributed by atoms with Crippen LogP contribution in [-0.2, 0) is 10.0 Å². The van der Waals surface area contributed by atoms with Gasteiger partial charge in [0.2, 0.25) is 15.8 Å². The van der Waals surface area contributed by atoms with Crippen molar-refractivity contribution in [3.63, 3.8) is 0 Å². The molecule has 8 heteroatoms. The maximum Gasteiger partial charge on any atom is 0.371 e. The molecule has 0 aromatic carbocycles. The molecule has 0 aliphatic carbocycles. The average Bonchev–Trinajstić information content (AvgIpc) is 2.95. The SMILES string of the molecule is Cc1oc(C(=O)O)cc1S(=O)(=O)N1CCC(CO)C1. The molecular weight excluding hydrogens is 274 g/mol. The van der Waals surface area contributed by atoms with Crippen molar-refractivity contribution < 1.29 is 27.8 Å². The van der Waals surface area contributed by atoms with Crippen molar-refractivity contribution in [1.29, 1.82) is 0 Å². The van der Waals surface area contributed by atoms with E-state index in [1.165, 1.54) is 11.2 Å². The molecule has 2 rings (SSSR count). The number of furan rings is 1. The molecule has 1 unspecified atom stereocenters. The van der Waals surface area contributed by atoms with Gasteiger partial charge < -0.3 is 14.6 Å². The van der Waals surface area contributed by atoms with Crippen LogP contribution in [0.4, 0.5) is 0 Å². The van der Waals surface area contributed by atoms with Crippen LogP contribution < -0.4 is 0 Å². The minimum Gasteiger partial charge on any atom is -0.475 e. The van der Waals surface area contributed by atoms with E-state index in [0.717, 1.165) is 6.07 Å². The second-order valence-electron chi connectivity index (χ2n) is 4.54. The second kappa shape index (κ2) is 4.95. The first-order valence-corrected chi connectivity index (χ1v) is 7.25. The van der Waals surface area contributed by atoms with Gasteiger partial charge >= 0.3 is 5.97 Å². The van der Waals surface area contributed by atoms with Gasteiger partial charge in [0, 0.05) is 25.8 Å². The summed E-state index contributed by atoms with van der Waals surface area (Å²) in [6.45, 7) is 1.92. The normalized spacial score (nSPS) is 20.8. The van der Waals surface area contributed by atoms with Crippen LogP contribution in [-0.4, -0.2) is 48.6 Å². The van der Waals surface area contributed by atoms with Gasteiger partial charge in [0.1, 0.15) is 10.7 Å². The Morgan fingerprint density at radius 1 is 1.58 bits per heavy atom. The van der Waals surface area contributed by atoms with Crippen LogP contribution in [0.15, 0.2) is 15.4 Å². The molecule has 19 heavy (non-hydrogen) atoms. The highest BCUT2D eigenvalue weighted by molar-refractivity contribution is 7.89. The van der Waals surface area contributed by atoms with Crippen molar-refractivity contribution in [1.82, 2.24) is 4.31 Å². The molecule has 1 aliphatic rings. The first-order chi connectivity index (χ1) is 8.86. The van der Waals surface area contributed by atoms with E-state index in [-0.39, 0.29) is 29.7 Å². The van der Waals surface area contributed by atoms with Crippen LogP contribution in [0.2, 0.25) is 0 Å². The predicted octanol–water partition coefficient (Wildman–Crippen LogP) is 0.289. The highest BCUT2D eigenvalue weighted by Crippen LogP contribution is 2.28. The van der Waals surface area contributed by atoms with E-state index < -0.39 is 21.8 Å². The summed E-state index contributed by atoms with van der Waals surface area (Å²) in [5.41, 5.74) is 0. The first-order valence-electron chi connectivity index (χ1n) is 5.81. The maximum absolute atomic E-state index is 12.3. The van der Waals surface area contributed by atoms with Crippen molar-refractivity contribution in [2.75, 3.05) is 19.7 Å². The van der Waals surface area contributed by atoms with Gasteiger partial charge in [-0.25, -0.2) is 13.2 Å². The van der Waals surface area contributed by atoms with Gasteiger partial charge in [0.05, 0.1) is 0 Å². The molecule has 1 aromatic heterocycles. The molecule has 2 heterocycles. The molecular formula is C11H15NO6S. The van der Waals surface area contributed by atoms with Gasteiger partial charge in [-0.15, -0.1) is 0 Å². The van der Waals surface area contributed by atoms with E-state index in [0.29, 0.717) is 13.0 Å². The lowest BCUT2D eigenvalue weighted by atomic mass is 10.1. The Bertz CT molecular complexity index is 590. The Morgan fingerprint density at radius 3 is 2.74 bits per heavy atom. The molecule has 106 valence electrons. The van der Waals surface area contributed by atoms with Crippen molar-refractivity contribution in [3.05, 3.63) is 17.6 Å². The molecule has 1 aromatic rings. The third kappa shape index (κ3) is 2.51. The molecule has 0 radical (unpaired) electrons. The van der Waals surface area contributed by atoms with E-state index in [2.05, 4.69) is 0 Å². The number of aromatic carboxylic acids is 1. The van der Waals surface area contributed by atoms with Crippen molar-refractivity contribution in [3.8, 4) is 0 Å². The van der Waals surface area contributed by atoms with Crippen molar-refractivity contribution in [2.24, 2.45) is 5.92 Å². The summed E-state index contributed by atoms with van der Waals surface area (Å²) in [7, 11) is -3.76. The predicted molar refractivity (Wildman–Crippen MR) is 64.4 cm³/mol. The quantitative estimate of drug-likeness (QED) is 0.824. The van der Waals surface area contributed by atoms with Gasteiger partial charge in [-0.2, -0.15) is 4.31 Å². The van der Waals surface area contributed by atoms with Crippen LogP contribution >= 0.6 is 0 Å². The van der Waals surface area contributed by atoms with Gasteiger partial charge in [0.15, 0.2) is 0 Å². The maximum atomic E-state index is 12.3. The molecule has 1 atom stereocenters. The number of aliphatic hydroxyl groups excluding tert-OH is 1. The first kappa shape index (κ1) is 14.0. The number of aliphatic hydroxyl groups is 1. The Labute approximate surface area is 110 Å². The Morgan fingerprint density at radius 2 is 2.26 bits per heavy atom. The average molecular weight is 289 g/mol. The molecule has 0 spiro atoms. The fraction of sp³-hybridized carbons (Fsp3) is 0.545. The summed E-state index contributed by atoms with van der Waals surface area (Å²) in [6.07, 6.45) is 0.596. The largest absolute Gasteiger partial charge is 0.475 e. The Kier molecular flexibility index (Phi) is 3.66. The molecule has 2 N–H and O–H groups in total. The summed E-state index contributed by atoms with van der Waals surface area (Å²) in [6, 6.07) is 1.03. The number of hydrogen-bond acceptors (Lipinski definition) is 5. The molecule has 1 fully saturated rings. The molecule has 1 saturated heterocycles. The lowest BCUT2D eigenvalue weighted by molar-refractivity contribution is 0.0661. The summed E-state index contributed by atoms with van der Waals surface area (Å²) in [4.78, 5) is 10.7. The van der Waals surface area contributed by atoms with Crippen LogP contribution in [0.3, 0.4) is 0 Å². The van der Waals surface area contributed by atoms with Gasteiger partial charge in [-0.1, -0.05) is 0 Å². The second-order valence-corrected chi connectivity index (χ2v) is 6.44. The molecule has 0 bridgehead atoms. The summed E-state index contributed by atoms with van der Waals surface area (Å²) in [5, 5.41) is 17.8. The zero-order valence-corrected chi connectivity index (χ0v) is 11.2. The number of rotatable bonds is 4. The molecule has 0 amide bonds. The molecule has 0 saturated carbocycles. The lowest BCUT2D eigenvalue weighted by Crippen LogP contribution is -2.29. The summed E-state index contributed by atoms with van der Waals surface area (Å²) < 4.78 is 30.9. The Balaban J connectivity index is 2.32. The third-order valence-electron chi connectivity index (χ3n) is 3.21. The number of aryl methyl sites for hydroxylation is 1. The summed E-state index contributed by atoms with van der Waals surface area (Å²) >= 11 is 0. The number of nitrogens with zero attached hydrogens (tertiary/aromatic N) is 1. The third-order valence-corrected chi connectivity index (χ3v) is 5.18. The minimum absolute atomic E-state index is 0.0588. The van der Waals surface area contributed by atoms with E-state index in [4.69, 9.17) is 14.6 Å². The van der Waals surface area contributed by atoms with Crippen LogP contribution in [0, 0.1) is 12.8 Å². The minimum atomic E-state index is -3.76. The van der Waals surface area contributed by atoms with Crippen molar-refractivity contribution in [2.45, 2.75) is 18.2 Å². The smallest absolute Gasteiger partial charge is 0.371 e. The number of carbonyl (C=O) groups is 1. The zero-order chi connectivity index (χ0) is 14.2. The molecule has 1 aliphatic heterocycles. The molecule has 7 nitrogen and oxygen atoms in total. The lowest BCUT2D eigenvalue weighted by Gasteiger charge is -2.15. The number of carboxylic acid groups (broad SMARTS) is 1. The summed E-state index contributed by atoms with van der Waals surface area (Å²) in [5.74, 6) is -1.71. The van der Waals surface area contributed by atoms with Gasteiger partial charge in [-0.05, 0) is 19.3 Å². The van der Waals surface area contributed by atoms with Crippen LogP contribution in [0.25, 0.3) is 0 Å². The van der Waals surface area contributed by atoms with Gasteiger partial charge in [0.25, 0.3) is 0 Å². The van der Waals surface area contributed by atoms with Crippen molar-refractivity contribution >= 4 is 16.0 Å². The fourth-order valence-electron chi connectivity index (χ4n) is 2.13. The van der Waals surface area contributed by atoms with E-state index in [1.807, 2.05) is 0 Å². The topological polar surface area (TPSA) is 108 Å². The van der Waals surface area contributed by atoms with Crippen LogP contribution in [0.1, 0.15) is 22.7 Å².